The Balaban J connectivity index is 1.83. The molecule has 1 heterocycles. The van der Waals surface area contributed by atoms with Gasteiger partial charge in [0.1, 0.15) is 10.6 Å². The third-order valence-corrected chi connectivity index (χ3v) is 7.19. The third-order valence-electron chi connectivity index (χ3n) is 5.16. The number of benzene rings is 1. The van der Waals surface area contributed by atoms with Crippen LogP contribution < -0.4 is 16.4 Å². The van der Waals surface area contributed by atoms with Crippen molar-refractivity contribution in [1.29, 1.82) is 0 Å². The molecule has 1 aliphatic rings. The van der Waals surface area contributed by atoms with Crippen molar-refractivity contribution in [2.24, 2.45) is 5.92 Å². The molecule has 0 aliphatic heterocycles. The average Bonchev–Trinajstić information content (AvgIpc) is 2.58. The number of hydrogen-bond donors (Lipinski definition) is 3. The normalized spacial score (nSPS) is 15.6. The number of carbonyl (C=O) groups excluding carboxylic acids is 1. The summed E-state index contributed by atoms with van der Waals surface area (Å²) < 4.78 is 23.8. The van der Waals surface area contributed by atoms with Gasteiger partial charge in [-0.15, -0.1) is 0 Å². The van der Waals surface area contributed by atoms with Crippen LogP contribution in [0.4, 0.5) is 16.3 Å². The quantitative estimate of drug-likeness (QED) is 0.663. The second-order valence-corrected chi connectivity index (χ2v) is 10.3. The van der Waals surface area contributed by atoms with Gasteiger partial charge in [-0.3, -0.25) is 0 Å². The molecular weight excluding hydrogens is 390 g/mol. The molecule has 8 nitrogen and oxygen atoms in total. The molecule has 9 heteroatoms. The summed E-state index contributed by atoms with van der Waals surface area (Å²) >= 11 is 0. The van der Waals surface area contributed by atoms with Gasteiger partial charge >= 0.3 is 6.03 Å². The Morgan fingerprint density at radius 2 is 1.86 bits per heavy atom. The first-order valence-corrected chi connectivity index (χ1v) is 11.5. The Morgan fingerprint density at radius 3 is 2.38 bits per heavy atom. The molecule has 1 saturated carbocycles. The zero-order valence-electron chi connectivity index (χ0n) is 16.9. The summed E-state index contributed by atoms with van der Waals surface area (Å²) in [6.07, 6.45) is 3.16. The first-order valence-electron chi connectivity index (χ1n) is 9.61. The summed E-state index contributed by atoms with van der Waals surface area (Å²) in [4.78, 5) is 20.7. The molecular formula is C20H27N5O3S. The number of anilines is 2. The molecule has 2 amide bonds. The first kappa shape index (κ1) is 21.0. The van der Waals surface area contributed by atoms with Crippen molar-refractivity contribution in [3.63, 3.8) is 0 Å². The van der Waals surface area contributed by atoms with E-state index >= 15 is 0 Å². The average molecular weight is 418 g/mol. The number of carbonyl (C=O) groups is 1. The molecule has 0 radical (unpaired) electrons. The Hall–Kier alpha value is -2.68. The van der Waals surface area contributed by atoms with Crippen LogP contribution in [0.3, 0.4) is 0 Å². The predicted molar refractivity (Wildman–Crippen MR) is 114 cm³/mol. The minimum Gasteiger partial charge on any atom is -0.384 e. The summed E-state index contributed by atoms with van der Waals surface area (Å²) in [5.74, 6) is 0.963. The molecule has 1 aliphatic carbocycles. The van der Waals surface area contributed by atoms with Crippen LogP contribution in [0, 0.1) is 5.92 Å². The van der Waals surface area contributed by atoms with Crippen LogP contribution in [-0.2, 0) is 14.6 Å². The van der Waals surface area contributed by atoms with Crippen LogP contribution in [-0.4, -0.2) is 37.2 Å². The highest BCUT2D eigenvalue weighted by Gasteiger charge is 2.49. The van der Waals surface area contributed by atoms with Crippen molar-refractivity contribution in [3.05, 3.63) is 36.0 Å². The Bertz CT molecular complexity index is 999. The molecule has 29 heavy (non-hydrogen) atoms. The number of aromatic nitrogens is 2. The molecule has 0 atom stereocenters. The third kappa shape index (κ3) is 4.50. The second kappa shape index (κ2) is 7.98. The van der Waals surface area contributed by atoms with Crippen molar-refractivity contribution in [2.75, 3.05) is 23.9 Å². The lowest BCUT2D eigenvalue weighted by Gasteiger charge is -2.39. The molecule has 1 aromatic carbocycles. The van der Waals surface area contributed by atoms with Crippen LogP contribution in [0.25, 0.3) is 11.4 Å². The fourth-order valence-electron chi connectivity index (χ4n) is 3.32. The van der Waals surface area contributed by atoms with Crippen LogP contribution in [0.2, 0.25) is 0 Å². The van der Waals surface area contributed by atoms with E-state index in [0.717, 1.165) is 6.42 Å². The highest BCUT2D eigenvalue weighted by atomic mass is 32.2. The van der Waals surface area contributed by atoms with Gasteiger partial charge in [-0.05, 0) is 49.4 Å². The maximum Gasteiger partial charge on any atom is 0.319 e. The molecule has 0 bridgehead atoms. The number of nitrogens with two attached hydrogens (primary N) is 1. The van der Waals surface area contributed by atoms with E-state index < -0.39 is 14.6 Å². The molecule has 1 aromatic heterocycles. The number of nitrogens with one attached hydrogen (secondary N) is 2. The Labute approximate surface area is 171 Å². The monoisotopic (exact) mass is 417 g/mol. The number of urea groups is 1. The van der Waals surface area contributed by atoms with Crippen LogP contribution >= 0.6 is 0 Å². The van der Waals surface area contributed by atoms with Gasteiger partial charge in [0.2, 0.25) is 0 Å². The minimum absolute atomic E-state index is 0.232. The predicted octanol–water partition coefficient (Wildman–Crippen LogP) is 2.93. The number of amides is 2. The number of nitrogen functional groups attached to an aromatic ring is 1. The number of rotatable bonds is 6. The van der Waals surface area contributed by atoms with E-state index in [1.165, 1.54) is 6.26 Å². The zero-order valence-corrected chi connectivity index (χ0v) is 17.7. The summed E-state index contributed by atoms with van der Waals surface area (Å²) in [5, 5.41) is 5.55. The van der Waals surface area contributed by atoms with E-state index in [1.807, 2.05) is 13.8 Å². The van der Waals surface area contributed by atoms with Gasteiger partial charge < -0.3 is 16.4 Å². The Kier molecular flexibility index (Phi) is 5.79. The minimum atomic E-state index is -3.33. The molecule has 0 unspecified atom stereocenters. The lowest BCUT2D eigenvalue weighted by molar-refractivity contribution is 0.251. The van der Waals surface area contributed by atoms with Gasteiger partial charge in [-0.1, -0.05) is 13.8 Å². The lowest BCUT2D eigenvalue weighted by Crippen LogP contribution is -2.42. The summed E-state index contributed by atoms with van der Waals surface area (Å²) in [6, 6.07) is 8.31. The van der Waals surface area contributed by atoms with Gasteiger partial charge in [0.25, 0.3) is 0 Å². The van der Waals surface area contributed by atoms with Crippen LogP contribution in [0.15, 0.2) is 30.3 Å². The first-order chi connectivity index (χ1) is 13.6. The summed E-state index contributed by atoms with van der Waals surface area (Å²) in [7, 11) is -3.33. The van der Waals surface area contributed by atoms with Gasteiger partial charge in [0.05, 0.1) is 5.69 Å². The number of nitrogens with zero attached hydrogens (tertiary/aromatic N) is 2. The van der Waals surface area contributed by atoms with Crippen LogP contribution in [0.5, 0.6) is 0 Å². The molecule has 3 rings (SSSR count). The van der Waals surface area contributed by atoms with Crippen molar-refractivity contribution in [3.8, 4) is 11.4 Å². The molecule has 2 aromatic rings. The van der Waals surface area contributed by atoms with E-state index in [0.29, 0.717) is 48.1 Å². The second-order valence-electron chi connectivity index (χ2n) is 7.93. The van der Waals surface area contributed by atoms with E-state index in [-0.39, 0.29) is 11.8 Å². The van der Waals surface area contributed by atoms with Gasteiger partial charge in [-0.25, -0.2) is 23.2 Å². The highest BCUT2D eigenvalue weighted by molar-refractivity contribution is 7.91. The van der Waals surface area contributed by atoms with Crippen molar-refractivity contribution in [1.82, 2.24) is 15.3 Å². The topological polar surface area (TPSA) is 127 Å². The van der Waals surface area contributed by atoms with Gasteiger partial charge in [0.15, 0.2) is 15.7 Å². The van der Waals surface area contributed by atoms with Crippen molar-refractivity contribution in [2.45, 2.75) is 37.9 Å². The van der Waals surface area contributed by atoms with Crippen LogP contribution in [0.1, 0.15) is 38.8 Å². The smallest absolute Gasteiger partial charge is 0.319 e. The van der Waals surface area contributed by atoms with Gasteiger partial charge in [0, 0.05) is 30.1 Å². The van der Waals surface area contributed by atoms with E-state index in [2.05, 4.69) is 20.6 Å². The van der Waals surface area contributed by atoms with E-state index in [4.69, 9.17) is 5.73 Å². The summed E-state index contributed by atoms with van der Waals surface area (Å²) in [5.41, 5.74) is 7.73. The molecule has 4 N–H and O–H groups in total. The molecule has 0 spiro atoms. The highest BCUT2D eigenvalue weighted by Crippen LogP contribution is 2.47. The lowest BCUT2D eigenvalue weighted by atomic mass is 9.81. The zero-order chi connectivity index (χ0) is 21.2. The largest absolute Gasteiger partial charge is 0.384 e. The fourth-order valence-corrected chi connectivity index (χ4v) is 4.83. The Morgan fingerprint density at radius 1 is 1.21 bits per heavy atom. The number of hydrogen-bond acceptors (Lipinski definition) is 6. The maximum absolute atomic E-state index is 12.4. The standard InChI is InChI=1S/C20H27N5O3S/c1-13(2)12-22-19(26)23-15-7-5-14(6-8-15)18-24-16(11-17(21)25-18)20(9-4-10-20)29(3,27)28/h5-8,11,13H,4,9-10,12H2,1-3H3,(H2,21,24,25)(H2,22,23,26). The molecule has 1 fully saturated rings. The van der Waals surface area contributed by atoms with Crippen molar-refractivity contribution >= 4 is 27.4 Å². The van der Waals surface area contributed by atoms with Gasteiger partial charge in [-0.2, -0.15) is 0 Å². The maximum atomic E-state index is 12.4. The SMILES string of the molecule is CC(C)CNC(=O)Nc1ccc(-c2nc(N)cc(C3(S(C)(=O)=O)CCC3)n2)cc1. The van der Waals surface area contributed by atoms with E-state index in [9.17, 15) is 13.2 Å². The number of sulfone groups is 1. The molecule has 156 valence electrons. The fraction of sp³-hybridized carbons (Fsp3) is 0.450. The van der Waals surface area contributed by atoms with Crippen molar-refractivity contribution < 1.29 is 13.2 Å². The van der Waals surface area contributed by atoms with E-state index in [1.54, 1.807) is 30.3 Å². The summed E-state index contributed by atoms with van der Waals surface area (Å²) in [6.45, 7) is 4.63. The molecule has 0 saturated heterocycles.